The number of nitrogens with one attached hydrogen (secondary N) is 1. The van der Waals surface area contributed by atoms with Gasteiger partial charge in [-0.05, 0) is 33.6 Å². The Bertz CT molecular complexity index is 250. The zero-order valence-electron chi connectivity index (χ0n) is 10.4. The predicted molar refractivity (Wildman–Crippen MR) is 61.2 cm³/mol. The van der Waals surface area contributed by atoms with Crippen LogP contribution in [0.2, 0.25) is 0 Å². The lowest BCUT2D eigenvalue weighted by molar-refractivity contribution is 0.0391. The Labute approximate surface area is 96.7 Å². The standard InChI is InChI=1S/C11H22N2O3/c1-11(2,3)16-10(14)13-8-5-7(12)6-9(8)15-4/h7-9H,5-6,12H2,1-4H3,(H,13,14)/t7-,8+,9?/m1/s1. The van der Waals surface area contributed by atoms with Crippen molar-refractivity contribution >= 4 is 6.09 Å². The summed E-state index contributed by atoms with van der Waals surface area (Å²) in [4.78, 5) is 11.6. The van der Waals surface area contributed by atoms with Gasteiger partial charge in [-0.15, -0.1) is 0 Å². The first-order chi connectivity index (χ1) is 7.31. The number of ether oxygens (including phenoxy) is 2. The molecule has 0 aliphatic heterocycles. The van der Waals surface area contributed by atoms with Gasteiger partial charge in [0.1, 0.15) is 5.60 Å². The summed E-state index contributed by atoms with van der Waals surface area (Å²) in [6.07, 6.45) is 1.09. The molecule has 94 valence electrons. The van der Waals surface area contributed by atoms with Crippen molar-refractivity contribution in [3.8, 4) is 0 Å². The Hall–Kier alpha value is -0.810. The van der Waals surface area contributed by atoms with Crippen LogP contribution in [0.15, 0.2) is 0 Å². The third-order valence-corrected chi connectivity index (χ3v) is 2.55. The van der Waals surface area contributed by atoms with Gasteiger partial charge in [-0.1, -0.05) is 0 Å². The van der Waals surface area contributed by atoms with Gasteiger partial charge >= 0.3 is 6.09 Å². The molecule has 0 radical (unpaired) electrons. The molecule has 3 N–H and O–H groups in total. The Morgan fingerprint density at radius 2 is 2.00 bits per heavy atom. The summed E-state index contributed by atoms with van der Waals surface area (Å²) in [5.41, 5.74) is 5.34. The molecule has 0 aromatic rings. The lowest BCUT2D eigenvalue weighted by atomic mass is 10.2. The van der Waals surface area contributed by atoms with Gasteiger partial charge in [0.15, 0.2) is 0 Å². The number of hydrogen-bond donors (Lipinski definition) is 2. The first kappa shape index (κ1) is 13.3. The van der Waals surface area contributed by atoms with E-state index in [-0.39, 0.29) is 18.2 Å². The monoisotopic (exact) mass is 230 g/mol. The summed E-state index contributed by atoms with van der Waals surface area (Å²) in [5.74, 6) is 0. The van der Waals surface area contributed by atoms with E-state index in [1.165, 1.54) is 0 Å². The molecule has 0 heterocycles. The number of nitrogens with two attached hydrogens (primary N) is 1. The molecule has 1 aliphatic rings. The van der Waals surface area contributed by atoms with Crippen LogP contribution in [-0.4, -0.2) is 37.0 Å². The van der Waals surface area contributed by atoms with E-state index < -0.39 is 11.7 Å². The van der Waals surface area contributed by atoms with Gasteiger partial charge in [0, 0.05) is 13.2 Å². The number of rotatable bonds is 2. The van der Waals surface area contributed by atoms with Crippen molar-refractivity contribution in [1.29, 1.82) is 0 Å². The molecule has 1 saturated carbocycles. The summed E-state index contributed by atoms with van der Waals surface area (Å²) >= 11 is 0. The predicted octanol–water partition coefficient (Wildman–Crippen LogP) is 1.02. The highest BCUT2D eigenvalue weighted by Gasteiger charge is 2.34. The second kappa shape index (κ2) is 5.01. The van der Waals surface area contributed by atoms with E-state index in [0.29, 0.717) is 0 Å². The van der Waals surface area contributed by atoms with Crippen molar-refractivity contribution in [2.75, 3.05) is 7.11 Å². The van der Waals surface area contributed by atoms with Crippen LogP contribution in [0.25, 0.3) is 0 Å². The maximum absolute atomic E-state index is 11.6. The van der Waals surface area contributed by atoms with Crippen molar-refractivity contribution in [3.05, 3.63) is 0 Å². The molecular weight excluding hydrogens is 208 g/mol. The molecule has 1 aliphatic carbocycles. The Kier molecular flexibility index (Phi) is 4.15. The summed E-state index contributed by atoms with van der Waals surface area (Å²) in [5, 5.41) is 2.80. The molecule has 16 heavy (non-hydrogen) atoms. The molecule has 1 rings (SSSR count). The summed E-state index contributed by atoms with van der Waals surface area (Å²) < 4.78 is 10.5. The van der Waals surface area contributed by atoms with Gasteiger partial charge in [0.2, 0.25) is 0 Å². The third kappa shape index (κ3) is 3.98. The minimum Gasteiger partial charge on any atom is -0.444 e. The lowest BCUT2D eigenvalue weighted by Crippen LogP contribution is -2.43. The van der Waals surface area contributed by atoms with Gasteiger partial charge < -0.3 is 20.5 Å². The van der Waals surface area contributed by atoms with Crippen LogP contribution in [-0.2, 0) is 9.47 Å². The maximum atomic E-state index is 11.6. The normalized spacial score (nSPS) is 30.2. The Morgan fingerprint density at radius 3 is 2.50 bits per heavy atom. The van der Waals surface area contributed by atoms with Gasteiger partial charge in [-0.3, -0.25) is 0 Å². The molecule has 1 fully saturated rings. The fourth-order valence-corrected chi connectivity index (χ4v) is 1.91. The van der Waals surface area contributed by atoms with Crippen molar-refractivity contribution in [2.45, 2.75) is 57.4 Å². The Morgan fingerprint density at radius 1 is 1.38 bits per heavy atom. The van der Waals surface area contributed by atoms with E-state index in [4.69, 9.17) is 15.2 Å². The highest BCUT2D eigenvalue weighted by atomic mass is 16.6. The maximum Gasteiger partial charge on any atom is 0.407 e. The molecule has 0 saturated heterocycles. The zero-order chi connectivity index (χ0) is 12.3. The molecule has 0 bridgehead atoms. The van der Waals surface area contributed by atoms with Crippen LogP contribution in [0.3, 0.4) is 0 Å². The van der Waals surface area contributed by atoms with E-state index in [0.717, 1.165) is 12.8 Å². The zero-order valence-corrected chi connectivity index (χ0v) is 10.4. The smallest absolute Gasteiger partial charge is 0.407 e. The minimum absolute atomic E-state index is 0.0116. The van der Waals surface area contributed by atoms with Crippen molar-refractivity contribution in [3.63, 3.8) is 0 Å². The molecule has 5 nitrogen and oxygen atoms in total. The van der Waals surface area contributed by atoms with Crippen molar-refractivity contribution in [2.24, 2.45) is 5.73 Å². The topological polar surface area (TPSA) is 73.6 Å². The first-order valence-corrected chi connectivity index (χ1v) is 5.59. The fraction of sp³-hybridized carbons (Fsp3) is 0.909. The Balaban J connectivity index is 2.44. The van der Waals surface area contributed by atoms with Crippen LogP contribution in [0.5, 0.6) is 0 Å². The van der Waals surface area contributed by atoms with E-state index >= 15 is 0 Å². The first-order valence-electron chi connectivity index (χ1n) is 5.59. The number of methoxy groups -OCH3 is 1. The van der Waals surface area contributed by atoms with Gasteiger partial charge in [0.25, 0.3) is 0 Å². The number of carbonyl (C=O) groups excluding carboxylic acids is 1. The van der Waals surface area contributed by atoms with Crippen LogP contribution in [0.1, 0.15) is 33.6 Å². The quantitative estimate of drug-likeness (QED) is 0.742. The van der Waals surface area contributed by atoms with Crippen LogP contribution in [0, 0.1) is 0 Å². The molecule has 1 amide bonds. The number of carbonyl (C=O) groups is 1. The molecule has 0 spiro atoms. The van der Waals surface area contributed by atoms with E-state index in [2.05, 4.69) is 5.32 Å². The number of amides is 1. The summed E-state index contributed by atoms with van der Waals surface area (Å²) in [6, 6.07) is 0.0414. The number of hydrogen-bond acceptors (Lipinski definition) is 4. The highest BCUT2D eigenvalue weighted by molar-refractivity contribution is 5.68. The van der Waals surface area contributed by atoms with Gasteiger partial charge in [-0.2, -0.15) is 0 Å². The number of alkyl carbamates (subject to hydrolysis) is 1. The van der Waals surface area contributed by atoms with E-state index in [1.54, 1.807) is 7.11 Å². The van der Waals surface area contributed by atoms with E-state index in [9.17, 15) is 4.79 Å². The van der Waals surface area contributed by atoms with Crippen molar-refractivity contribution in [1.82, 2.24) is 5.32 Å². The minimum atomic E-state index is -0.479. The molecular formula is C11H22N2O3. The second-order valence-corrected chi connectivity index (χ2v) is 5.26. The molecule has 3 atom stereocenters. The second-order valence-electron chi connectivity index (χ2n) is 5.26. The molecule has 1 unspecified atom stereocenters. The summed E-state index contributed by atoms with van der Waals surface area (Å²) in [6.45, 7) is 5.50. The molecule has 0 aromatic carbocycles. The van der Waals surface area contributed by atoms with Crippen LogP contribution >= 0.6 is 0 Å². The van der Waals surface area contributed by atoms with E-state index in [1.807, 2.05) is 20.8 Å². The SMILES string of the molecule is COC1C[C@H](N)C[C@@H]1NC(=O)OC(C)(C)C. The molecule has 0 aromatic heterocycles. The van der Waals surface area contributed by atoms with Gasteiger partial charge in [-0.25, -0.2) is 4.79 Å². The third-order valence-electron chi connectivity index (χ3n) is 2.55. The fourth-order valence-electron chi connectivity index (χ4n) is 1.91. The molecule has 5 heteroatoms. The summed E-state index contributed by atoms with van der Waals surface area (Å²) in [7, 11) is 1.63. The van der Waals surface area contributed by atoms with Gasteiger partial charge in [0.05, 0.1) is 12.1 Å². The highest BCUT2D eigenvalue weighted by Crippen LogP contribution is 2.21. The average molecular weight is 230 g/mol. The van der Waals surface area contributed by atoms with Crippen LogP contribution in [0.4, 0.5) is 4.79 Å². The van der Waals surface area contributed by atoms with Crippen LogP contribution < -0.4 is 11.1 Å². The van der Waals surface area contributed by atoms with Crippen molar-refractivity contribution < 1.29 is 14.3 Å². The lowest BCUT2D eigenvalue weighted by Gasteiger charge is -2.24. The average Bonchev–Trinajstić information content (AvgIpc) is 2.42. The largest absolute Gasteiger partial charge is 0.444 e.